The van der Waals surface area contributed by atoms with Gasteiger partial charge in [-0.15, -0.1) is 0 Å². The van der Waals surface area contributed by atoms with Gasteiger partial charge in [-0.1, -0.05) is 11.6 Å². The molecule has 0 spiro atoms. The van der Waals surface area contributed by atoms with Crippen molar-refractivity contribution in [3.05, 3.63) is 39.2 Å². The average molecular weight is 305 g/mol. The van der Waals surface area contributed by atoms with E-state index in [1.807, 2.05) is 0 Å². The molecule has 1 aliphatic rings. The third kappa shape index (κ3) is 1.55. The maximum absolute atomic E-state index is 12.2. The summed E-state index contributed by atoms with van der Waals surface area (Å²) in [6.45, 7) is 1.90. The maximum Gasteiger partial charge on any atom is 0.344 e. The molecule has 2 aromatic carbocycles. The first-order chi connectivity index (χ1) is 10.1. The number of halogens is 1. The number of hydrogen-bond donors (Lipinski definition) is 1. The van der Waals surface area contributed by atoms with E-state index in [0.717, 1.165) is 5.56 Å². The van der Waals surface area contributed by atoms with Crippen molar-refractivity contribution in [3.63, 3.8) is 0 Å². The Morgan fingerprint density at radius 1 is 1.24 bits per heavy atom. The summed E-state index contributed by atoms with van der Waals surface area (Å²) >= 11 is 6.07. The molecule has 1 N–H and O–H groups in total. The minimum atomic E-state index is -0.539. The molecule has 21 heavy (non-hydrogen) atoms. The van der Waals surface area contributed by atoms with E-state index in [1.54, 1.807) is 19.1 Å². The quantitative estimate of drug-likeness (QED) is 0.509. The highest BCUT2D eigenvalue weighted by Crippen LogP contribution is 2.44. The van der Waals surface area contributed by atoms with Gasteiger partial charge in [0.05, 0.1) is 5.39 Å². The first-order valence-electron chi connectivity index (χ1n) is 6.25. The molecule has 106 valence electrons. The molecule has 0 radical (unpaired) electrons. The van der Waals surface area contributed by atoms with Crippen LogP contribution in [0.25, 0.3) is 21.7 Å². The van der Waals surface area contributed by atoms with Crippen molar-refractivity contribution in [2.45, 2.75) is 6.92 Å². The standard InChI is InChI=1S/C15H9ClO5/c1-6-4-8(17)12(16)14-10(6)11-7(15(18)21-14)2-3-9-13(11)20-5-19-9/h2-4,17H,5H2,1H3. The van der Waals surface area contributed by atoms with Gasteiger partial charge in [-0.25, -0.2) is 4.79 Å². The highest BCUT2D eigenvalue weighted by Gasteiger charge is 2.23. The van der Waals surface area contributed by atoms with Crippen LogP contribution in [0.15, 0.2) is 27.4 Å². The summed E-state index contributed by atoms with van der Waals surface area (Å²) in [4.78, 5) is 12.2. The van der Waals surface area contributed by atoms with E-state index >= 15 is 0 Å². The summed E-state index contributed by atoms with van der Waals surface area (Å²) in [6, 6.07) is 4.83. The molecule has 6 heteroatoms. The second-order valence-corrected chi connectivity index (χ2v) is 5.22. The number of aromatic hydroxyl groups is 1. The lowest BCUT2D eigenvalue weighted by Crippen LogP contribution is -2.01. The van der Waals surface area contributed by atoms with Crippen molar-refractivity contribution in [1.82, 2.24) is 0 Å². The van der Waals surface area contributed by atoms with Gasteiger partial charge in [0.25, 0.3) is 0 Å². The van der Waals surface area contributed by atoms with E-state index in [2.05, 4.69) is 0 Å². The second-order valence-electron chi connectivity index (χ2n) is 4.84. The maximum atomic E-state index is 12.2. The van der Waals surface area contributed by atoms with E-state index in [4.69, 9.17) is 25.5 Å². The number of benzene rings is 2. The van der Waals surface area contributed by atoms with Crippen molar-refractivity contribution in [3.8, 4) is 17.2 Å². The average Bonchev–Trinajstić information content (AvgIpc) is 2.93. The van der Waals surface area contributed by atoms with Gasteiger partial charge in [0, 0.05) is 10.8 Å². The Balaban J connectivity index is 2.37. The fraction of sp³-hybridized carbons (Fsp3) is 0.133. The number of fused-ring (bicyclic) bond motifs is 5. The van der Waals surface area contributed by atoms with E-state index < -0.39 is 5.63 Å². The molecule has 0 atom stereocenters. The number of phenols is 1. The van der Waals surface area contributed by atoms with E-state index in [0.29, 0.717) is 27.7 Å². The van der Waals surface area contributed by atoms with Gasteiger partial charge in [0.1, 0.15) is 10.8 Å². The van der Waals surface area contributed by atoms with Crippen LogP contribution in [0.4, 0.5) is 0 Å². The first kappa shape index (κ1) is 12.3. The van der Waals surface area contributed by atoms with Crippen LogP contribution in [0.1, 0.15) is 5.56 Å². The molecular formula is C15H9ClO5. The van der Waals surface area contributed by atoms with Crippen LogP contribution in [0.3, 0.4) is 0 Å². The summed E-state index contributed by atoms with van der Waals surface area (Å²) < 4.78 is 16.1. The minimum absolute atomic E-state index is 0.00567. The van der Waals surface area contributed by atoms with Crippen molar-refractivity contribution in [2.75, 3.05) is 6.79 Å². The molecule has 0 amide bonds. The number of aryl methyl sites for hydroxylation is 1. The van der Waals surface area contributed by atoms with E-state index in [9.17, 15) is 9.90 Å². The van der Waals surface area contributed by atoms with Gasteiger partial charge in [-0.3, -0.25) is 0 Å². The Hall–Kier alpha value is -2.40. The predicted molar refractivity (Wildman–Crippen MR) is 77.5 cm³/mol. The SMILES string of the molecule is Cc1cc(O)c(Cl)c2oc(=O)c3ccc4c(c3c12)OCO4. The number of hydrogen-bond acceptors (Lipinski definition) is 5. The second kappa shape index (κ2) is 4.05. The molecule has 5 nitrogen and oxygen atoms in total. The van der Waals surface area contributed by atoms with Crippen molar-refractivity contribution in [1.29, 1.82) is 0 Å². The third-order valence-electron chi connectivity index (χ3n) is 3.60. The van der Waals surface area contributed by atoms with Crippen LogP contribution < -0.4 is 15.1 Å². The lowest BCUT2D eigenvalue weighted by Gasteiger charge is -2.10. The molecule has 0 saturated carbocycles. The summed E-state index contributed by atoms with van der Waals surface area (Å²) in [5.74, 6) is 0.933. The summed E-state index contributed by atoms with van der Waals surface area (Å²) in [6.07, 6.45) is 0. The van der Waals surface area contributed by atoms with Crippen LogP contribution in [0.5, 0.6) is 17.2 Å². The topological polar surface area (TPSA) is 68.9 Å². The summed E-state index contributed by atoms with van der Waals surface area (Å²) in [5.41, 5.74) is 0.336. The van der Waals surface area contributed by atoms with Crippen LogP contribution in [0.2, 0.25) is 5.02 Å². The molecule has 0 saturated heterocycles. The van der Waals surface area contributed by atoms with Crippen molar-refractivity contribution >= 4 is 33.3 Å². The molecule has 3 aromatic rings. The number of phenolic OH excluding ortho intramolecular Hbond substituents is 1. The first-order valence-corrected chi connectivity index (χ1v) is 6.63. The zero-order chi connectivity index (χ0) is 14.7. The highest BCUT2D eigenvalue weighted by molar-refractivity contribution is 6.37. The lowest BCUT2D eigenvalue weighted by atomic mass is 10.0. The van der Waals surface area contributed by atoms with Gasteiger partial charge in [0.15, 0.2) is 17.1 Å². The fourth-order valence-electron chi connectivity index (χ4n) is 2.69. The molecule has 0 unspecified atom stereocenters. The Kier molecular flexibility index (Phi) is 2.38. The van der Waals surface area contributed by atoms with Crippen molar-refractivity contribution in [2.24, 2.45) is 0 Å². The van der Waals surface area contributed by atoms with E-state index in [1.165, 1.54) is 6.07 Å². The molecular weight excluding hydrogens is 296 g/mol. The zero-order valence-electron chi connectivity index (χ0n) is 10.9. The van der Waals surface area contributed by atoms with Gasteiger partial charge < -0.3 is 19.0 Å². The van der Waals surface area contributed by atoms with Crippen LogP contribution in [-0.4, -0.2) is 11.9 Å². The minimum Gasteiger partial charge on any atom is -0.506 e. The molecule has 0 bridgehead atoms. The lowest BCUT2D eigenvalue weighted by molar-refractivity contribution is 0.175. The fourth-order valence-corrected chi connectivity index (χ4v) is 2.88. The molecule has 2 heterocycles. The Bertz CT molecular complexity index is 974. The largest absolute Gasteiger partial charge is 0.506 e. The van der Waals surface area contributed by atoms with E-state index in [-0.39, 0.29) is 23.1 Å². The summed E-state index contributed by atoms with van der Waals surface area (Å²) in [7, 11) is 0. The molecule has 0 aliphatic carbocycles. The molecule has 1 aliphatic heterocycles. The Morgan fingerprint density at radius 2 is 2.05 bits per heavy atom. The smallest absolute Gasteiger partial charge is 0.344 e. The van der Waals surface area contributed by atoms with Crippen molar-refractivity contribution < 1.29 is 19.0 Å². The summed E-state index contributed by atoms with van der Waals surface area (Å²) in [5, 5.41) is 11.4. The molecule has 1 aromatic heterocycles. The third-order valence-corrected chi connectivity index (χ3v) is 3.97. The monoisotopic (exact) mass is 304 g/mol. The molecule has 0 fully saturated rings. The van der Waals surface area contributed by atoms with Crippen LogP contribution >= 0.6 is 11.6 Å². The normalized spacial score (nSPS) is 13.2. The Morgan fingerprint density at radius 3 is 2.86 bits per heavy atom. The Labute approximate surface area is 123 Å². The molecule has 4 rings (SSSR count). The highest BCUT2D eigenvalue weighted by atomic mass is 35.5. The van der Waals surface area contributed by atoms with Gasteiger partial charge in [-0.05, 0) is 30.7 Å². The van der Waals surface area contributed by atoms with Crippen LogP contribution in [0, 0.1) is 6.92 Å². The van der Waals surface area contributed by atoms with Gasteiger partial charge in [-0.2, -0.15) is 0 Å². The number of rotatable bonds is 0. The van der Waals surface area contributed by atoms with Crippen LogP contribution in [-0.2, 0) is 0 Å². The number of ether oxygens (including phenoxy) is 2. The predicted octanol–water partition coefficient (Wildman–Crippen LogP) is 3.34. The van der Waals surface area contributed by atoms with Gasteiger partial charge >= 0.3 is 5.63 Å². The zero-order valence-corrected chi connectivity index (χ0v) is 11.7. The van der Waals surface area contributed by atoms with Gasteiger partial charge in [0.2, 0.25) is 6.79 Å².